The van der Waals surface area contributed by atoms with Crippen molar-refractivity contribution in [1.29, 1.82) is 0 Å². The van der Waals surface area contributed by atoms with Gasteiger partial charge in [0.05, 0.1) is 34.5 Å². The summed E-state index contributed by atoms with van der Waals surface area (Å²) < 4.78 is 21.6. The van der Waals surface area contributed by atoms with Gasteiger partial charge in [0.25, 0.3) is 0 Å². The standard InChI is InChI=1S/C23H26NO5.ClH/c1-6-9-24(14-16-7-8-19(26-2)20(10-16)27-3)15-18-12-22(29-5)21(28-4)11-17(18)13-23(24)25;/h6-8,10-13,15H,1,9,14H2,2-5H3;1H/q+1;. The maximum atomic E-state index is 13.2. The van der Waals surface area contributed by atoms with Crippen molar-refractivity contribution in [2.24, 2.45) is 0 Å². The Hall–Kier alpha value is -2.96. The molecule has 2 aromatic rings. The van der Waals surface area contributed by atoms with E-state index in [1.807, 2.05) is 36.5 Å². The third-order valence-corrected chi connectivity index (χ3v) is 5.06. The van der Waals surface area contributed by atoms with E-state index in [0.717, 1.165) is 16.0 Å². The molecule has 0 bridgehead atoms. The van der Waals surface area contributed by atoms with Crippen molar-refractivity contribution < 1.29 is 28.2 Å². The minimum atomic E-state index is -0.0283. The van der Waals surface area contributed by atoms with Gasteiger partial charge in [0, 0.05) is 16.0 Å². The number of fused-ring (bicyclic) bond motifs is 1. The van der Waals surface area contributed by atoms with Crippen molar-refractivity contribution in [3.63, 3.8) is 0 Å². The van der Waals surface area contributed by atoms with E-state index in [9.17, 15) is 4.79 Å². The van der Waals surface area contributed by atoms with Gasteiger partial charge in [0.2, 0.25) is 0 Å². The molecule has 0 spiro atoms. The molecule has 1 aliphatic rings. The molecule has 0 saturated carbocycles. The maximum absolute atomic E-state index is 13.2. The number of nitrogens with zero attached hydrogens (tertiary/aromatic N) is 1. The summed E-state index contributed by atoms with van der Waals surface area (Å²) in [6.07, 6.45) is 5.37. The Labute approximate surface area is 182 Å². The average Bonchev–Trinajstić information content (AvgIpc) is 2.73. The maximum Gasteiger partial charge on any atom is 0.344 e. The molecule has 1 atom stereocenters. The second kappa shape index (κ2) is 9.69. The van der Waals surface area contributed by atoms with Gasteiger partial charge in [-0.1, -0.05) is 6.58 Å². The number of hydrogen-bond donors (Lipinski definition) is 0. The number of hydrogen-bond acceptors (Lipinski definition) is 5. The smallest absolute Gasteiger partial charge is 0.344 e. The van der Waals surface area contributed by atoms with Crippen LogP contribution in [0.15, 0.2) is 43.0 Å². The lowest BCUT2D eigenvalue weighted by molar-refractivity contribution is -0.779. The molecule has 1 amide bonds. The number of halogens is 1. The fraction of sp³-hybridized carbons (Fsp3) is 0.261. The third kappa shape index (κ3) is 4.30. The third-order valence-electron chi connectivity index (χ3n) is 5.06. The van der Waals surface area contributed by atoms with Crippen LogP contribution in [0.5, 0.6) is 23.0 Å². The largest absolute Gasteiger partial charge is 0.493 e. The van der Waals surface area contributed by atoms with Crippen molar-refractivity contribution in [1.82, 2.24) is 0 Å². The van der Waals surface area contributed by atoms with Gasteiger partial charge >= 0.3 is 5.91 Å². The monoisotopic (exact) mass is 432 g/mol. The van der Waals surface area contributed by atoms with Crippen molar-refractivity contribution in [2.45, 2.75) is 6.54 Å². The van der Waals surface area contributed by atoms with Gasteiger partial charge in [-0.2, -0.15) is 0 Å². The molecular formula is C23H27ClNO5+. The van der Waals surface area contributed by atoms with E-state index in [4.69, 9.17) is 18.9 Å². The number of ether oxygens (including phenoxy) is 4. The van der Waals surface area contributed by atoms with Crippen LogP contribution in [0, 0.1) is 0 Å². The minimum Gasteiger partial charge on any atom is -0.493 e. The second-order valence-corrected chi connectivity index (χ2v) is 6.80. The minimum absolute atomic E-state index is 0. The zero-order valence-electron chi connectivity index (χ0n) is 17.6. The van der Waals surface area contributed by atoms with Crippen LogP contribution in [0.2, 0.25) is 0 Å². The molecule has 1 heterocycles. The van der Waals surface area contributed by atoms with Gasteiger partial charge in [-0.3, -0.25) is 0 Å². The van der Waals surface area contributed by atoms with Crippen LogP contribution in [-0.4, -0.2) is 45.4 Å². The zero-order chi connectivity index (χ0) is 21.0. The Morgan fingerprint density at radius 2 is 1.43 bits per heavy atom. The number of amides is 1. The van der Waals surface area contributed by atoms with Crippen LogP contribution in [0.3, 0.4) is 0 Å². The van der Waals surface area contributed by atoms with Gasteiger partial charge in [-0.15, -0.1) is 12.4 Å². The zero-order valence-corrected chi connectivity index (χ0v) is 18.5. The number of rotatable bonds is 8. The molecule has 0 aromatic heterocycles. The summed E-state index contributed by atoms with van der Waals surface area (Å²) in [5, 5.41) is 1.71. The van der Waals surface area contributed by atoms with E-state index in [-0.39, 0.29) is 22.8 Å². The predicted octanol–water partition coefficient (Wildman–Crippen LogP) is 2.40. The topological polar surface area (TPSA) is 54.0 Å². The molecule has 6 nitrogen and oxygen atoms in total. The van der Waals surface area contributed by atoms with Crippen LogP contribution >= 0.6 is 12.4 Å². The first-order valence-electron chi connectivity index (χ1n) is 9.20. The highest BCUT2D eigenvalue weighted by Gasteiger charge is 2.35. The lowest BCUT2D eigenvalue weighted by Crippen LogP contribution is -2.52. The molecule has 1 aliphatic heterocycles. The van der Waals surface area contributed by atoms with Gasteiger partial charge < -0.3 is 18.9 Å². The Morgan fingerprint density at radius 1 is 0.867 bits per heavy atom. The summed E-state index contributed by atoms with van der Waals surface area (Å²) in [5.41, 5.74) is 0.950. The summed E-state index contributed by atoms with van der Waals surface area (Å²) in [5.74, 6) is 2.45. The van der Waals surface area contributed by atoms with Crippen molar-refractivity contribution >= 4 is 30.6 Å². The number of benzene rings is 2. The van der Waals surface area contributed by atoms with Crippen LogP contribution in [0.4, 0.5) is 0 Å². The molecule has 7 heteroatoms. The summed E-state index contributed by atoms with van der Waals surface area (Å²) in [6.45, 7) is 4.77. The normalized spacial score (nSPS) is 16.9. The summed E-state index contributed by atoms with van der Waals surface area (Å²) in [6, 6.07) is 9.39. The van der Waals surface area contributed by atoms with Crippen LogP contribution in [-0.2, 0) is 11.3 Å². The molecule has 0 radical (unpaired) electrons. The first kappa shape index (κ1) is 23.3. The van der Waals surface area contributed by atoms with Gasteiger partial charge in [0.1, 0.15) is 19.3 Å². The van der Waals surface area contributed by atoms with Gasteiger partial charge in [-0.05, 0) is 36.4 Å². The molecule has 30 heavy (non-hydrogen) atoms. The van der Waals surface area contributed by atoms with E-state index < -0.39 is 0 Å². The number of carbonyl (C=O) groups is 1. The van der Waals surface area contributed by atoms with Crippen LogP contribution in [0.25, 0.3) is 12.3 Å². The summed E-state index contributed by atoms with van der Waals surface area (Å²) in [7, 11) is 6.36. The van der Waals surface area contributed by atoms with E-state index >= 15 is 0 Å². The highest BCUT2D eigenvalue weighted by atomic mass is 35.5. The van der Waals surface area contributed by atoms with E-state index in [1.54, 1.807) is 40.6 Å². The first-order chi connectivity index (χ1) is 14.0. The molecule has 2 aromatic carbocycles. The second-order valence-electron chi connectivity index (χ2n) is 6.80. The van der Waals surface area contributed by atoms with Crippen LogP contribution in [0.1, 0.15) is 5.56 Å². The molecule has 1 unspecified atom stereocenters. The van der Waals surface area contributed by atoms with Crippen molar-refractivity contribution in [3.8, 4) is 23.0 Å². The Balaban J connectivity index is 0.00000320. The quantitative estimate of drug-likeness (QED) is 0.473. The molecule has 3 rings (SSSR count). The van der Waals surface area contributed by atoms with E-state index in [0.29, 0.717) is 36.1 Å². The number of methoxy groups -OCH3 is 4. The molecule has 0 aliphatic carbocycles. The Bertz CT molecular complexity index is 1070. The molecule has 160 valence electrons. The number of carbonyl (C=O) groups excluding carboxylic acids is 1. The Morgan fingerprint density at radius 3 is 2.00 bits per heavy atom. The van der Waals surface area contributed by atoms with Crippen LogP contribution < -0.4 is 29.4 Å². The SMILES string of the molecule is C=CC[N+]1(Cc2ccc(OC)c(OC)c2)C=c2cc(OC)c(OC)cc2=CC1=O.Cl. The van der Waals surface area contributed by atoms with E-state index in [1.165, 1.54) is 0 Å². The first-order valence-corrected chi connectivity index (χ1v) is 9.20. The average molecular weight is 433 g/mol. The highest BCUT2D eigenvalue weighted by Crippen LogP contribution is 2.30. The van der Waals surface area contributed by atoms with E-state index in [2.05, 4.69) is 6.58 Å². The lowest BCUT2D eigenvalue weighted by atomic mass is 10.1. The van der Waals surface area contributed by atoms with Gasteiger partial charge in [0.15, 0.2) is 23.0 Å². The molecular weight excluding hydrogens is 406 g/mol. The van der Waals surface area contributed by atoms with Gasteiger partial charge in [-0.25, -0.2) is 9.28 Å². The van der Waals surface area contributed by atoms with Crippen molar-refractivity contribution in [2.75, 3.05) is 35.0 Å². The molecule has 0 saturated heterocycles. The molecule has 0 fully saturated rings. The lowest BCUT2D eigenvalue weighted by Gasteiger charge is -2.32. The van der Waals surface area contributed by atoms with Crippen molar-refractivity contribution in [3.05, 3.63) is 59.0 Å². The summed E-state index contributed by atoms with van der Waals surface area (Å²) in [4.78, 5) is 13.2. The number of quaternary nitrogens is 1. The highest BCUT2D eigenvalue weighted by molar-refractivity contribution is 6.01. The summed E-state index contributed by atoms with van der Waals surface area (Å²) >= 11 is 0. The fourth-order valence-electron chi connectivity index (χ4n) is 3.60. The Kier molecular flexibility index (Phi) is 7.54. The predicted molar refractivity (Wildman–Crippen MR) is 119 cm³/mol. The fourth-order valence-corrected chi connectivity index (χ4v) is 3.60. The molecule has 0 N–H and O–H groups in total.